The highest BCUT2D eigenvalue weighted by atomic mass is 127. The van der Waals surface area contributed by atoms with Crippen molar-refractivity contribution in [2.45, 2.75) is 58.1 Å². The maximum absolute atomic E-state index is 6.11. The van der Waals surface area contributed by atoms with Gasteiger partial charge in [0.15, 0.2) is 5.96 Å². The summed E-state index contributed by atoms with van der Waals surface area (Å²) < 4.78 is 17.2. The van der Waals surface area contributed by atoms with Gasteiger partial charge >= 0.3 is 0 Å². The predicted octanol–water partition coefficient (Wildman–Crippen LogP) is 3.77. The zero-order valence-electron chi connectivity index (χ0n) is 19.0. The molecule has 2 fully saturated rings. The second-order valence-electron chi connectivity index (χ2n) is 8.51. The zero-order valence-corrected chi connectivity index (χ0v) is 21.3. The van der Waals surface area contributed by atoms with E-state index in [2.05, 4.69) is 27.5 Å². The third-order valence-corrected chi connectivity index (χ3v) is 5.87. The van der Waals surface area contributed by atoms with Crippen LogP contribution in [0, 0.1) is 11.8 Å². The molecule has 1 saturated heterocycles. The number of aromatic nitrogens is 1. The van der Waals surface area contributed by atoms with Gasteiger partial charge in [-0.3, -0.25) is 4.99 Å². The minimum Gasteiger partial charge on any atom is -0.474 e. The third kappa shape index (κ3) is 9.91. The second-order valence-corrected chi connectivity index (χ2v) is 8.51. The second kappa shape index (κ2) is 14.8. The Kier molecular flexibility index (Phi) is 12.5. The van der Waals surface area contributed by atoms with Gasteiger partial charge in [0.05, 0.1) is 13.2 Å². The fraction of sp³-hybridized carbons (Fsp3) is 0.739. The highest BCUT2D eigenvalue weighted by Gasteiger charge is 2.20. The fourth-order valence-corrected chi connectivity index (χ4v) is 3.90. The topological polar surface area (TPSA) is 77.0 Å². The molecule has 1 unspecified atom stereocenters. The lowest BCUT2D eigenvalue weighted by Crippen LogP contribution is -2.37. The molecule has 1 atom stereocenters. The smallest absolute Gasteiger partial charge is 0.213 e. The summed E-state index contributed by atoms with van der Waals surface area (Å²) in [7, 11) is 1.79. The largest absolute Gasteiger partial charge is 0.474 e. The molecule has 0 aromatic carbocycles. The van der Waals surface area contributed by atoms with E-state index in [0.717, 1.165) is 82.0 Å². The molecule has 2 N–H and O–H groups in total. The number of aliphatic imine (C=N–C) groups is 1. The predicted molar refractivity (Wildman–Crippen MR) is 134 cm³/mol. The van der Waals surface area contributed by atoms with Gasteiger partial charge in [-0.05, 0) is 56.1 Å². The summed E-state index contributed by atoms with van der Waals surface area (Å²) in [6.45, 7) is 7.11. The first-order valence-electron chi connectivity index (χ1n) is 11.4. The lowest BCUT2D eigenvalue weighted by molar-refractivity contribution is 0.0888. The lowest BCUT2D eigenvalue weighted by atomic mass is 9.89. The van der Waals surface area contributed by atoms with Crippen LogP contribution in [0.25, 0.3) is 0 Å². The van der Waals surface area contributed by atoms with Gasteiger partial charge in [-0.15, -0.1) is 24.0 Å². The summed E-state index contributed by atoms with van der Waals surface area (Å²) in [4.78, 5) is 8.69. The van der Waals surface area contributed by atoms with Crippen molar-refractivity contribution in [3.63, 3.8) is 0 Å². The molecule has 1 aromatic rings. The van der Waals surface area contributed by atoms with Gasteiger partial charge in [0.25, 0.3) is 0 Å². The third-order valence-electron chi connectivity index (χ3n) is 5.87. The Morgan fingerprint density at radius 2 is 2.06 bits per heavy atom. The summed E-state index contributed by atoms with van der Waals surface area (Å²) in [6, 6.07) is 4.04. The molecule has 1 aliphatic carbocycles. The van der Waals surface area contributed by atoms with E-state index < -0.39 is 0 Å². The van der Waals surface area contributed by atoms with Crippen LogP contribution >= 0.6 is 24.0 Å². The Hall–Kier alpha value is -1.13. The number of rotatable bonds is 10. The molecular formula is C23H39IN4O3. The summed E-state index contributed by atoms with van der Waals surface area (Å²) in [5.41, 5.74) is 1.13. The molecule has 0 spiro atoms. The van der Waals surface area contributed by atoms with Crippen LogP contribution < -0.4 is 15.4 Å². The number of pyridine rings is 1. The number of hydrogen-bond acceptors (Lipinski definition) is 5. The van der Waals surface area contributed by atoms with Crippen LogP contribution in [-0.2, 0) is 16.0 Å². The van der Waals surface area contributed by atoms with Crippen molar-refractivity contribution in [1.82, 2.24) is 15.6 Å². The van der Waals surface area contributed by atoms with Crippen LogP contribution in [0.4, 0.5) is 0 Å². The molecule has 1 saturated carbocycles. The van der Waals surface area contributed by atoms with Crippen LogP contribution in [0.5, 0.6) is 5.88 Å². The summed E-state index contributed by atoms with van der Waals surface area (Å²) in [5.74, 6) is 2.91. The minimum atomic E-state index is 0. The Morgan fingerprint density at radius 1 is 1.23 bits per heavy atom. The first-order chi connectivity index (χ1) is 14.7. The van der Waals surface area contributed by atoms with Crippen LogP contribution in [-0.4, -0.2) is 57.1 Å². The molecule has 31 heavy (non-hydrogen) atoms. The monoisotopic (exact) mass is 546 g/mol. The Balaban J connectivity index is 0.00000341. The molecule has 8 heteroatoms. The van der Waals surface area contributed by atoms with E-state index in [0.29, 0.717) is 18.6 Å². The highest BCUT2D eigenvalue weighted by Crippen LogP contribution is 2.26. The molecule has 2 aliphatic rings. The van der Waals surface area contributed by atoms with Crippen molar-refractivity contribution in [2.24, 2.45) is 16.8 Å². The molecule has 176 valence electrons. The van der Waals surface area contributed by atoms with Crippen molar-refractivity contribution >= 4 is 29.9 Å². The molecule has 1 aromatic heterocycles. The number of ether oxygens (including phenoxy) is 3. The SMILES string of the molecule is CN=C(NCCCOCC1CCOC1)NCc1ccnc(OC2CCC(C)CC2)c1.I. The van der Waals surface area contributed by atoms with E-state index in [9.17, 15) is 0 Å². The van der Waals surface area contributed by atoms with Gasteiger partial charge in [0.2, 0.25) is 5.88 Å². The Morgan fingerprint density at radius 3 is 2.81 bits per heavy atom. The highest BCUT2D eigenvalue weighted by molar-refractivity contribution is 14.0. The van der Waals surface area contributed by atoms with Gasteiger partial charge in [0.1, 0.15) is 6.10 Å². The van der Waals surface area contributed by atoms with Crippen LogP contribution in [0.3, 0.4) is 0 Å². The van der Waals surface area contributed by atoms with Crippen molar-refractivity contribution in [2.75, 3.05) is 40.0 Å². The summed E-state index contributed by atoms with van der Waals surface area (Å²) >= 11 is 0. The minimum absolute atomic E-state index is 0. The first-order valence-corrected chi connectivity index (χ1v) is 11.4. The van der Waals surface area contributed by atoms with E-state index in [1.807, 2.05) is 18.3 Å². The summed E-state index contributed by atoms with van der Waals surface area (Å²) in [6.07, 6.45) is 8.93. The fourth-order valence-electron chi connectivity index (χ4n) is 3.90. The number of halogens is 1. The Labute approximate surface area is 204 Å². The molecule has 1 aliphatic heterocycles. The van der Waals surface area contributed by atoms with Crippen molar-refractivity contribution in [1.29, 1.82) is 0 Å². The summed E-state index contributed by atoms with van der Waals surface area (Å²) in [5, 5.41) is 6.70. The van der Waals surface area contributed by atoms with E-state index in [4.69, 9.17) is 14.2 Å². The maximum atomic E-state index is 6.11. The standard InChI is InChI=1S/C23H38N4O3.HI/c1-18-4-6-21(7-5-18)30-22-14-19(8-11-25-22)15-27-23(24-2)26-10-3-12-28-16-20-9-13-29-17-20;/h8,11,14,18,20-21H,3-7,9-10,12-13,15-17H2,1-2H3,(H2,24,26,27);1H. The lowest BCUT2D eigenvalue weighted by Gasteiger charge is -2.26. The molecule has 0 bridgehead atoms. The maximum Gasteiger partial charge on any atom is 0.213 e. The van der Waals surface area contributed by atoms with E-state index in [1.54, 1.807) is 7.05 Å². The van der Waals surface area contributed by atoms with Gasteiger partial charge in [0, 0.05) is 51.5 Å². The van der Waals surface area contributed by atoms with Crippen molar-refractivity contribution < 1.29 is 14.2 Å². The number of hydrogen-bond donors (Lipinski definition) is 2. The molecular weight excluding hydrogens is 507 g/mol. The molecule has 7 nitrogen and oxygen atoms in total. The van der Waals surface area contributed by atoms with Crippen molar-refractivity contribution in [3.05, 3.63) is 23.9 Å². The Bertz CT molecular complexity index is 647. The molecule has 0 amide bonds. The van der Waals surface area contributed by atoms with E-state index >= 15 is 0 Å². The van der Waals surface area contributed by atoms with Crippen LogP contribution in [0.2, 0.25) is 0 Å². The molecule has 3 rings (SSSR count). The van der Waals surface area contributed by atoms with Gasteiger partial charge in [-0.25, -0.2) is 4.98 Å². The molecule has 0 radical (unpaired) electrons. The number of nitrogens with zero attached hydrogens (tertiary/aromatic N) is 2. The average Bonchev–Trinajstić information content (AvgIpc) is 3.28. The zero-order chi connectivity index (χ0) is 21.0. The first kappa shape index (κ1) is 26.1. The van der Waals surface area contributed by atoms with Gasteiger partial charge in [-0.1, -0.05) is 6.92 Å². The van der Waals surface area contributed by atoms with E-state index in [-0.39, 0.29) is 24.0 Å². The normalized spacial score (nSPS) is 23.8. The quantitative estimate of drug-likeness (QED) is 0.202. The van der Waals surface area contributed by atoms with Gasteiger partial charge < -0.3 is 24.8 Å². The van der Waals surface area contributed by atoms with Crippen molar-refractivity contribution in [3.8, 4) is 5.88 Å². The average molecular weight is 546 g/mol. The van der Waals surface area contributed by atoms with Crippen LogP contribution in [0.15, 0.2) is 23.3 Å². The number of nitrogens with one attached hydrogen (secondary N) is 2. The van der Waals surface area contributed by atoms with Gasteiger partial charge in [-0.2, -0.15) is 0 Å². The van der Waals surface area contributed by atoms with E-state index in [1.165, 1.54) is 12.8 Å². The molecule has 2 heterocycles. The number of guanidine groups is 1. The van der Waals surface area contributed by atoms with Crippen LogP contribution in [0.1, 0.15) is 51.0 Å².